The number of carbonyl (C=O) groups excluding carboxylic acids is 2. The molecule has 1 fully saturated rings. The number of likely N-dealkylation sites (N-methyl/N-ethyl adjacent to an activating group) is 1. The molecule has 2 heterocycles. The van der Waals surface area contributed by atoms with Gasteiger partial charge in [0.05, 0.1) is 23.3 Å². The number of amides is 2. The van der Waals surface area contributed by atoms with E-state index in [1.807, 2.05) is 24.3 Å². The zero-order valence-electron chi connectivity index (χ0n) is 20.0. The lowest BCUT2D eigenvalue weighted by molar-refractivity contribution is -0.126. The molecule has 0 aromatic heterocycles. The van der Waals surface area contributed by atoms with Crippen LogP contribution in [0.15, 0.2) is 47.4 Å². The average molecular weight is 486 g/mol. The molecule has 0 radical (unpaired) electrons. The highest BCUT2D eigenvalue weighted by Gasteiger charge is 2.43. The van der Waals surface area contributed by atoms with Gasteiger partial charge in [0.15, 0.2) is 0 Å². The molecule has 2 aromatic rings. The number of fused-ring (bicyclic) bond motifs is 1. The quantitative estimate of drug-likeness (QED) is 0.679. The number of anilines is 1. The molecule has 34 heavy (non-hydrogen) atoms. The van der Waals surface area contributed by atoms with E-state index < -0.39 is 21.4 Å². The van der Waals surface area contributed by atoms with Gasteiger partial charge in [0.2, 0.25) is 21.8 Å². The number of carbonyl (C=O) groups is 2. The van der Waals surface area contributed by atoms with Gasteiger partial charge in [-0.25, -0.2) is 8.42 Å². The van der Waals surface area contributed by atoms with Crippen LogP contribution in [0.25, 0.3) is 0 Å². The Bertz CT molecular complexity index is 1220. The maximum absolute atomic E-state index is 13.5. The highest BCUT2D eigenvalue weighted by atomic mass is 32.2. The summed E-state index contributed by atoms with van der Waals surface area (Å²) in [5.41, 5.74) is 1.49. The lowest BCUT2D eigenvalue weighted by Gasteiger charge is -2.31. The largest absolute Gasteiger partial charge is 0.496 e. The highest BCUT2D eigenvalue weighted by Crippen LogP contribution is 2.42. The van der Waals surface area contributed by atoms with Crippen molar-refractivity contribution in [1.29, 1.82) is 0 Å². The average Bonchev–Trinajstić information content (AvgIpc) is 3.02. The van der Waals surface area contributed by atoms with Crippen molar-refractivity contribution in [3.63, 3.8) is 0 Å². The Morgan fingerprint density at radius 3 is 2.68 bits per heavy atom. The summed E-state index contributed by atoms with van der Waals surface area (Å²) < 4.78 is 33.7. The molecule has 0 saturated carbocycles. The Morgan fingerprint density at radius 1 is 1.21 bits per heavy atom. The van der Waals surface area contributed by atoms with Crippen molar-refractivity contribution < 1.29 is 22.7 Å². The van der Waals surface area contributed by atoms with Crippen molar-refractivity contribution in [2.45, 2.75) is 43.5 Å². The van der Waals surface area contributed by atoms with Gasteiger partial charge in [-0.15, -0.1) is 0 Å². The van der Waals surface area contributed by atoms with Crippen LogP contribution in [0.2, 0.25) is 0 Å². The Labute approximate surface area is 200 Å². The smallest absolute Gasteiger partial charge is 0.243 e. The van der Waals surface area contributed by atoms with Crippen molar-refractivity contribution in [2.75, 3.05) is 32.1 Å². The van der Waals surface area contributed by atoms with Gasteiger partial charge in [0.25, 0.3) is 0 Å². The van der Waals surface area contributed by atoms with E-state index in [4.69, 9.17) is 4.74 Å². The Hall–Kier alpha value is -2.91. The lowest BCUT2D eigenvalue weighted by Crippen LogP contribution is -2.45. The number of nitrogens with zero attached hydrogens (tertiary/aromatic N) is 2. The summed E-state index contributed by atoms with van der Waals surface area (Å²) in [5, 5.41) is 2.93. The lowest BCUT2D eigenvalue weighted by atomic mass is 9.86. The van der Waals surface area contributed by atoms with Crippen LogP contribution in [0.1, 0.15) is 37.8 Å². The van der Waals surface area contributed by atoms with Gasteiger partial charge < -0.3 is 15.0 Å². The maximum Gasteiger partial charge on any atom is 0.243 e. The fourth-order valence-electron chi connectivity index (χ4n) is 4.81. The summed E-state index contributed by atoms with van der Waals surface area (Å²) in [6.07, 6.45) is 1.23. The monoisotopic (exact) mass is 485 g/mol. The van der Waals surface area contributed by atoms with E-state index in [0.29, 0.717) is 37.2 Å². The fraction of sp³-hybridized carbons (Fsp3) is 0.440. The van der Waals surface area contributed by atoms with Crippen LogP contribution in [0.3, 0.4) is 0 Å². The number of hydrogen-bond acceptors (Lipinski definition) is 5. The second-order valence-electron chi connectivity index (χ2n) is 9.40. The molecule has 8 nitrogen and oxygen atoms in total. The van der Waals surface area contributed by atoms with Crippen LogP contribution in [-0.2, 0) is 31.6 Å². The van der Waals surface area contributed by atoms with Gasteiger partial charge in [-0.2, -0.15) is 4.31 Å². The van der Waals surface area contributed by atoms with Crippen LogP contribution in [-0.4, -0.2) is 51.8 Å². The standard InChI is InChI=1S/C25H31N3O5S/c1-25(2)20-14-19(11-12-21(20)27(3)24(25)30)34(31,32)28-13-7-9-18(16-28)23(29)26-15-17-8-5-6-10-22(17)33-4/h5-6,8,10-12,14,18H,7,9,13,15-16H2,1-4H3,(H,26,29)/t18-/m0/s1. The third-order valence-electron chi connectivity index (χ3n) is 6.88. The van der Waals surface area contributed by atoms with Crippen LogP contribution in [0.4, 0.5) is 5.69 Å². The summed E-state index contributed by atoms with van der Waals surface area (Å²) in [4.78, 5) is 27.2. The zero-order chi connectivity index (χ0) is 24.7. The number of methoxy groups -OCH3 is 1. The number of sulfonamides is 1. The molecule has 2 aliphatic heterocycles. The molecule has 0 spiro atoms. The van der Waals surface area contributed by atoms with Crippen molar-refractivity contribution in [1.82, 2.24) is 9.62 Å². The van der Waals surface area contributed by atoms with E-state index in [1.165, 1.54) is 4.31 Å². The first-order chi connectivity index (χ1) is 16.1. The second-order valence-corrected chi connectivity index (χ2v) is 11.3. The van der Waals surface area contributed by atoms with Gasteiger partial charge >= 0.3 is 0 Å². The van der Waals surface area contributed by atoms with Gasteiger partial charge in [0.1, 0.15) is 5.75 Å². The number of para-hydroxylation sites is 1. The molecule has 0 bridgehead atoms. The van der Waals surface area contributed by atoms with Gasteiger partial charge in [-0.3, -0.25) is 9.59 Å². The maximum atomic E-state index is 13.5. The summed E-state index contributed by atoms with van der Waals surface area (Å²) in [7, 11) is -0.530. The minimum absolute atomic E-state index is 0.0678. The number of hydrogen-bond donors (Lipinski definition) is 1. The number of piperidine rings is 1. The third kappa shape index (κ3) is 4.18. The predicted octanol–water partition coefficient (Wildman–Crippen LogP) is 2.67. The molecule has 182 valence electrons. The van der Waals surface area contributed by atoms with E-state index in [1.54, 1.807) is 51.1 Å². The van der Waals surface area contributed by atoms with Crippen LogP contribution in [0.5, 0.6) is 5.75 Å². The predicted molar refractivity (Wildman–Crippen MR) is 129 cm³/mol. The number of ether oxygens (including phenoxy) is 1. The molecule has 2 amide bonds. The molecule has 1 saturated heterocycles. The Morgan fingerprint density at radius 2 is 1.94 bits per heavy atom. The van der Waals surface area contributed by atoms with Crippen LogP contribution in [0, 0.1) is 5.92 Å². The van der Waals surface area contributed by atoms with E-state index in [9.17, 15) is 18.0 Å². The molecule has 0 aliphatic carbocycles. The molecular formula is C25H31N3O5S. The van der Waals surface area contributed by atoms with E-state index in [0.717, 1.165) is 11.3 Å². The van der Waals surface area contributed by atoms with Gasteiger partial charge in [-0.1, -0.05) is 18.2 Å². The molecule has 0 unspecified atom stereocenters. The molecule has 2 aromatic carbocycles. The molecule has 4 rings (SSSR count). The SMILES string of the molecule is COc1ccccc1CNC(=O)[C@H]1CCCN(S(=O)(=O)c2ccc3c(c2)C(C)(C)C(=O)N3C)C1. The summed E-state index contributed by atoms with van der Waals surface area (Å²) in [5.74, 6) is 0.0195. The summed E-state index contributed by atoms with van der Waals surface area (Å²) >= 11 is 0. The molecule has 9 heteroatoms. The summed E-state index contributed by atoms with van der Waals surface area (Å²) in [6, 6.07) is 12.3. The zero-order valence-corrected chi connectivity index (χ0v) is 20.8. The first-order valence-corrected chi connectivity index (χ1v) is 12.8. The Balaban J connectivity index is 1.49. The van der Waals surface area contributed by atoms with E-state index in [-0.39, 0.29) is 23.3 Å². The summed E-state index contributed by atoms with van der Waals surface area (Å²) in [6.45, 7) is 4.40. The molecule has 1 atom stereocenters. The second kappa shape index (κ2) is 9.03. The third-order valence-corrected chi connectivity index (χ3v) is 8.74. The first kappa shape index (κ1) is 24.2. The minimum Gasteiger partial charge on any atom is -0.496 e. The van der Waals surface area contributed by atoms with Crippen LogP contribution < -0.4 is 15.0 Å². The van der Waals surface area contributed by atoms with Crippen molar-refractivity contribution >= 4 is 27.5 Å². The van der Waals surface area contributed by atoms with Gasteiger partial charge in [-0.05, 0) is 56.5 Å². The van der Waals surface area contributed by atoms with Crippen LogP contribution >= 0.6 is 0 Å². The first-order valence-electron chi connectivity index (χ1n) is 11.4. The normalized spacial score (nSPS) is 20.2. The topological polar surface area (TPSA) is 96.0 Å². The molecule has 1 N–H and O–H groups in total. The van der Waals surface area contributed by atoms with E-state index >= 15 is 0 Å². The highest BCUT2D eigenvalue weighted by molar-refractivity contribution is 7.89. The van der Waals surface area contributed by atoms with Crippen molar-refractivity contribution in [3.8, 4) is 5.75 Å². The molecule has 2 aliphatic rings. The van der Waals surface area contributed by atoms with Gasteiger partial charge in [0, 0.05) is 37.9 Å². The van der Waals surface area contributed by atoms with E-state index in [2.05, 4.69) is 5.32 Å². The minimum atomic E-state index is -3.81. The fourth-order valence-corrected chi connectivity index (χ4v) is 6.36. The van der Waals surface area contributed by atoms with Crippen molar-refractivity contribution in [3.05, 3.63) is 53.6 Å². The number of nitrogens with one attached hydrogen (secondary N) is 1. The number of benzene rings is 2. The number of rotatable bonds is 6. The molecular weight excluding hydrogens is 454 g/mol. The Kier molecular flexibility index (Phi) is 6.44. The van der Waals surface area contributed by atoms with Crippen molar-refractivity contribution in [2.24, 2.45) is 5.92 Å².